The van der Waals surface area contributed by atoms with Crippen molar-refractivity contribution in [3.8, 4) is 12.0 Å². The molecule has 0 aliphatic rings. The molecular formula is C24H46O. The van der Waals surface area contributed by atoms with E-state index in [0.29, 0.717) is 0 Å². The third-order valence-corrected chi connectivity index (χ3v) is 5.57. The first-order valence-corrected chi connectivity index (χ1v) is 11.4. The highest BCUT2D eigenvalue weighted by molar-refractivity contribution is 5.08. The number of hydrogen-bond acceptors (Lipinski definition) is 1. The first-order valence-electron chi connectivity index (χ1n) is 11.4. The van der Waals surface area contributed by atoms with E-state index in [1.807, 2.05) is 0 Å². The summed E-state index contributed by atoms with van der Waals surface area (Å²) in [6.07, 6.45) is 25.9. The monoisotopic (exact) mass is 350 g/mol. The van der Waals surface area contributed by atoms with E-state index in [1.54, 1.807) is 0 Å². The number of unbranched alkanes of at least 4 members (excludes halogenated alkanes) is 12. The van der Waals surface area contributed by atoms with Gasteiger partial charge in [-0.25, -0.2) is 0 Å². The number of rotatable bonds is 18. The van der Waals surface area contributed by atoms with Gasteiger partial charge in [0.1, 0.15) is 6.11 Å². The molecule has 0 aromatic carbocycles. The third kappa shape index (κ3) is 14.2. The van der Waals surface area contributed by atoms with Crippen LogP contribution in [0.5, 0.6) is 0 Å². The van der Waals surface area contributed by atoms with E-state index in [4.69, 9.17) is 0 Å². The molecule has 0 atom stereocenters. The van der Waals surface area contributed by atoms with Crippen LogP contribution in [0.15, 0.2) is 0 Å². The van der Waals surface area contributed by atoms with Gasteiger partial charge in [-0.3, -0.25) is 0 Å². The largest absolute Gasteiger partial charge is 0.462 e. The third-order valence-electron chi connectivity index (χ3n) is 5.57. The summed E-state index contributed by atoms with van der Waals surface area (Å²) >= 11 is 0. The molecule has 0 saturated heterocycles. The zero-order chi connectivity index (χ0) is 18.6. The minimum Gasteiger partial charge on any atom is -0.462 e. The summed E-state index contributed by atoms with van der Waals surface area (Å²) in [5.74, 6) is 3.23. The van der Waals surface area contributed by atoms with Gasteiger partial charge in [0.15, 0.2) is 0 Å². The first kappa shape index (κ1) is 24.4. The molecule has 0 fully saturated rings. The zero-order valence-corrected chi connectivity index (χ0v) is 17.7. The zero-order valence-electron chi connectivity index (χ0n) is 17.7. The van der Waals surface area contributed by atoms with Crippen molar-refractivity contribution < 1.29 is 5.11 Å². The van der Waals surface area contributed by atoms with E-state index in [-0.39, 0.29) is 5.41 Å². The van der Waals surface area contributed by atoms with Crippen LogP contribution in [0.25, 0.3) is 0 Å². The molecule has 1 heteroatoms. The lowest BCUT2D eigenvalue weighted by atomic mass is 9.75. The van der Waals surface area contributed by atoms with Crippen LogP contribution in [0.1, 0.15) is 136 Å². The predicted octanol–water partition coefficient (Wildman–Crippen LogP) is 8.39. The molecule has 0 rings (SSSR count). The average molecular weight is 351 g/mol. The second-order valence-electron chi connectivity index (χ2n) is 8.01. The van der Waals surface area contributed by atoms with Crippen LogP contribution in [-0.2, 0) is 0 Å². The van der Waals surface area contributed by atoms with E-state index in [2.05, 4.69) is 32.8 Å². The molecule has 0 unspecified atom stereocenters. The molecule has 0 saturated carbocycles. The van der Waals surface area contributed by atoms with Gasteiger partial charge in [0.2, 0.25) is 0 Å². The highest BCUT2D eigenvalue weighted by Crippen LogP contribution is 2.36. The van der Waals surface area contributed by atoms with Crippen molar-refractivity contribution in [3.63, 3.8) is 0 Å². The Bertz CT molecular complexity index is 305. The smallest absolute Gasteiger partial charge is 0.108 e. The van der Waals surface area contributed by atoms with E-state index in [0.717, 1.165) is 6.42 Å². The van der Waals surface area contributed by atoms with Crippen LogP contribution in [0.4, 0.5) is 0 Å². The second-order valence-corrected chi connectivity index (χ2v) is 8.01. The molecule has 148 valence electrons. The van der Waals surface area contributed by atoms with Crippen molar-refractivity contribution in [2.45, 2.75) is 136 Å². The lowest BCUT2D eigenvalue weighted by molar-refractivity contribution is 0.283. The lowest BCUT2D eigenvalue weighted by Crippen LogP contribution is -2.19. The highest BCUT2D eigenvalue weighted by Gasteiger charge is 2.26. The molecule has 0 aromatic rings. The normalized spacial score (nSPS) is 11.3. The molecule has 0 aromatic heterocycles. The molecule has 25 heavy (non-hydrogen) atoms. The summed E-state index contributed by atoms with van der Waals surface area (Å²) in [4.78, 5) is 0. The first-order chi connectivity index (χ1) is 12.2. The van der Waals surface area contributed by atoms with Crippen molar-refractivity contribution >= 4 is 0 Å². The quantitative estimate of drug-likeness (QED) is 0.194. The highest BCUT2D eigenvalue weighted by atomic mass is 16.2. The van der Waals surface area contributed by atoms with Gasteiger partial charge in [-0.1, -0.05) is 123 Å². The van der Waals surface area contributed by atoms with Crippen molar-refractivity contribution in [3.05, 3.63) is 0 Å². The topological polar surface area (TPSA) is 20.2 Å². The van der Waals surface area contributed by atoms with E-state index in [1.165, 1.54) is 109 Å². The Balaban J connectivity index is 4.12. The van der Waals surface area contributed by atoms with Gasteiger partial charge in [0.25, 0.3) is 0 Å². The van der Waals surface area contributed by atoms with Crippen molar-refractivity contribution in [2.24, 2.45) is 5.41 Å². The van der Waals surface area contributed by atoms with Gasteiger partial charge in [0.05, 0.1) is 0 Å². The van der Waals surface area contributed by atoms with Gasteiger partial charge in [-0.05, 0) is 19.3 Å². The van der Waals surface area contributed by atoms with Crippen molar-refractivity contribution in [2.75, 3.05) is 0 Å². The van der Waals surface area contributed by atoms with Gasteiger partial charge in [0, 0.05) is 5.41 Å². The fraction of sp³-hybridized carbons (Fsp3) is 0.917. The summed E-state index contributed by atoms with van der Waals surface area (Å²) in [5, 5.41) is 9.27. The van der Waals surface area contributed by atoms with E-state index < -0.39 is 0 Å². The molecule has 1 nitrogen and oxygen atoms in total. The lowest BCUT2D eigenvalue weighted by Gasteiger charge is -2.28. The number of aliphatic hydroxyl groups excluding tert-OH is 1. The minimum atomic E-state index is 0.0797. The standard InChI is InChI=1S/C24H46O/c1-4-7-9-11-13-15-17-20-24(19-6-3,22-23-25)21-18-16-14-12-10-8-5-2/h25H,4-21H2,1-3H3. The van der Waals surface area contributed by atoms with Crippen LogP contribution in [0, 0.1) is 17.4 Å². The van der Waals surface area contributed by atoms with E-state index in [9.17, 15) is 5.11 Å². The van der Waals surface area contributed by atoms with Crippen LogP contribution >= 0.6 is 0 Å². The molecule has 1 N–H and O–H groups in total. The SMILES string of the molecule is CCCCCCCCCC(C#CO)(CCC)CCCCCCCCC. The fourth-order valence-corrected chi connectivity index (χ4v) is 4.00. The van der Waals surface area contributed by atoms with Crippen LogP contribution in [0.3, 0.4) is 0 Å². The molecule has 0 radical (unpaired) electrons. The van der Waals surface area contributed by atoms with Crippen LogP contribution in [-0.4, -0.2) is 5.11 Å². The maximum Gasteiger partial charge on any atom is 0.108 e. The molecule has 0 bridgehead atoms. The molecule has 0 amide bonds. The maximum absolute atomic E-state index is 9.27. The second kappa shape index (κ2) is 18.2. The van der Waals surface area contributed by atoms with Crippen LogP contribution in [0.2, 0.25) is 0 Å². The Hall–Kier alpha value is -0.640. The van der Waals surface area contributed by atoms with Crippen molar-refractivity contribution in [1.29, 1.82) is 0 Å². The minimum absolute atomic E-state index is 0.0797. The van der Waals surface area contributed by atoms with Crippen LogP contribution < -0.4 is 0 Å². The van der Waals surface area contributed by atoms with Gasteiger partial charge in [-0.2, -0.15) is 0 Å². The summed E-state index contributed by atoms with van der Waals surface area (Å²) in [7, 11) is 0. The Morgan fingerprint density at radius 3 is 1.28 bits per heavy atom. The van der Waals surface area contributed by atoms with Gasteiger partial charge < -0.3 is 5.11 Å². The number of hydrogen-bond donors (Lipinski definition) is 1. The predicted molar refractivity (Wildman–Crippen MR) is 112 cm³/mol. The molecule has 0 aliphatic heterocycles. The maximum atomic E-state index is 9.27. The Morgan fingerprint density at radius 2 is 0.920 bits per heavy atom. The molecular weight excluding hydrogens is 304 g/mol. The average Bonchev–Trinajstić information content (AvgIpc) is 2.61. The summed E-state index contributed by atoms with van der Waals surface area (Å²) < 4.78 is 0. The van der Waals surface area contributed by atoms with Crippen molar-refractivity contribution in [1.82, 2.24) is 0 Å². The Morgan fingerprint density at radius 1 is 0.520 bits per heavy atom. The Labute approximate surface area is 159 Å². The summed E-state index contributed by atoms with van der Waals surface area (Å²) in [5.41, 5.74) is 0.0797. The Kier molecular flexibility index (Phi) is 17.7. The van der Waals surface area contributed by atoms with Gasteiger partial charge in [-0.15, -0.1) is 0 Å². The van der Waals surface area contributed by atoms with E-state index >= 15 is 0 Å². The summed E-state index contributed by atoms with van der Waals surface area (Å²) in [6, 6.07) is 0. The van der Waals surface area contributed by atoms with Gasteiger partial charge >= 0.3 is 0 Å². The molecule has 0 spiro atoms. The molecule has 0 aliphatic carbocycles. The molecule has 0 heterocycles. The summed E-state index contributed by atoms with van der Waals surface area (Å²) in [6.45, 7) is 6.80. The number of aliphatic hydroxyl groups is 1. The fourth-order valence-electron chi connectivity index (χ4n) is 4.00.